The smallest absolute Gasteiger partial charge is 0.226 e. The Kier molecular flexibility index (Phi) is 6.87. The Bertz CT molecular complexity index is 915. The van der Waals surface area contributed by atoms with Crippen LogP contribution in [0, 0.1) is 5.82 Å². The maximum absolute atomic E-state index is 13.5. The van der Waals surface area contributed by atoms with Crippen molar-refractivity contribution in [1.29, 1.82) is 0 Å². The van der Waals surface area contributed by atoms with Crippen molar-refractivity contribution in [3.8, 4) is 5.75 Å². The summed E-state index contributed by atoms with van der Waals surface area (Å²) in [6.07, 6.45) is 0.225. The fourth-order valence-electron chi connectivity index (χ4n) is 2.51. The predicted molar refractivity (Wildman–Crippen MR) is 110 cm³/mol. The van der Waals surface area contributed by atoms with Crippen LogP contribution in [-0.2, 0) is 11.4 Å². The lowest BCUT2D eigenvalue weighted by atomic mass is 10.2. The van der Waals surface area contributed by atoms with Crippen molar-refractivity contribution in [3.05, 3.63) is 89.2 Å². The molecule has 3 aromatic rings. The van der Waals surface area contributed by atoms with Crippen LogP contribution in [0.5, 0.6) is 5.75 Å². The molecule has 0 saturated carbocycles. The number of carbonyl (C=O) groups excluding carboxylic acids is 1. The molecule has 0 saturated heterocycles. The summed E-state index contributed by atoms with van der Waals surface area (Å²) in [6.45, 7) is 0.894. The third-order valence-electron chi connectivity index (χ3n) is 4.00. The summed E-state index contributed by atoms with van der Waals surface area (Å²) in [5, 5.41) is 6.41. The molecule has 144 valence electrons. The number of amides is 1. The standard InChI is InChI=1S/C22H20ClFN2O2/c23-17-7-5-16(6-8-17)15-28-19-11-9-18(10-12-19)25-14-13-22(27)26-21-4-2-1-3-20(21)24/h1-12,25H,13-15H2,(H,26,27). The number of hydrogen-bond donors (Lipinski definition) is 2. The average Bonchev–Trinajstić information content (AvgIpc) is 2.70. The lowest BCUT2D eigenvalue weighted by molar-refractivity contribution is -0.116. The summed E-state index contributed by atoms with van der Waals surface area (Å²) in [5.41, 5.74) is 2.10. The topological polar surface area (TPSA) is 50.4 Å². The first-order valence-corrected chi connectivity index (χ1v) is 9.23. The van der Waals surface area contributed by atoms with E-state index in [4.69, 9.17) is 16.3 Å². The highest BCUT2D eigenvalue weighted by Crippen LogP contribution is 2.18. The van der Waals surface area contributed by atoms with E-state index in [1.807, 2.05) is 48.5 Å². The number of nitrogens with one attached hydrogen (secondary N) is 2. The SMILES string of the molecule is O=C(CCNc1ccc(OCc2ccc(Cl)cc2)cc1)Nc1ccccc1F. The van der Waals surface area contributed by atoms with Gasteiger partial charge >= 0.3 is 0 Å². The van der Waals surface area contributed by atoms with E-state index in [0.29, 0.717) is 18.2 Å². The molecule has 4 nitrogen and oxygen atoms in total. The van der Waals surface area contributed by atoms with E-state index >= 15 is 0 Å². The van der Waals surface area contributed by atoms with Gasteiger partial charge in [0.15, 0.2) is 0 Å². The Balaban J connectivity index is 1.41. The second-order valence-electron chi connectivity index (χ2n) is 6.14. The molecule has 3 rings (SSSR count). The van der Waals surface area contributed by atoms with Crippen LogP contribution in [0.2, 0.25) is 5.02 Å². The van der Waals surface area contributed by atoms with Gasteiger partial charge in [0.05, 0.1) is 5.69 Å². The molecular formula is C22H20ClFN2O2. The molecule has 1 amide bonds. The van der Waals surface area contributed by atoms with Crippen molar-refractivity contribution in [2.45, 2.75) is 13.0 Å². The van der Waals surface area contributed by atoms with Gasteiger partial charge in [0, 0.05) is 23.7 Å². The summed E-state index contributed by atoms with van der Waals surface area (Å²) in [7, 11) is 0. The van der Waals surface area contributed by atoms with Gasteiger partial charge in [-0.2, -0.15) is 0 Å². The first-order valence-electron chi connectivity index (χ1n) is 8.86. The molecule has 0 heterocycles. The number of para-hydroxylation sites is 1. The number of rotatable bonds is 8. The van der Waals surface area contributed by atoms with E-state index in [1.54, 1.807) is 12.1 Å². The minimum atomic E-state index is -0.446. The summed E-state index contributed by atoms with van der Waals surface area (Å²) < 4.78 is 19.3. The molecule has 0 bridgehead atoms. The van der Waals surface area contributed by atoms with Crippen LogP contribution in [0.4, 0.5) is 15.8 Å². The zero-order valence-electron chi connectivity index (χ0n) is 15.1. The van der Waals surface area contributed by atoms with E-state index in [2.05, 4.69) is 10.6 Å². The molecule has 0 unspecified atom stereocenters. The maximum atomic E-state index is 13.5. The van der Waals surface area contributed by atoms with E-state index < -0.39 is 5.82 Å². The molecule has 0 aliphatic carbocycles. The van der Waals surface area contributed by atoms with Crippen LogP contribution in [-0.4, -0.2) is 12.5 Å². The number of carbonyl (C=O) groups is 1. The first kappa shape index (κ1) is 19.7. The average molecular weight is 399 g/mol. The minimum Gasteiger partial charge on any atom is -0.489 e. The third-order valence-corrected chi connectivity index (χ3v) is 4.25. The summed E-state index contributed by atoms with van der Waals surface area (Å²) in [4.78, 5) is 11.9. The van der Waals surface area contributed by atoms with Crippen LogP contribution in [0.3, 0.4) is 0 Å². The minimum absolute atomic E-state index is 0.190. The maximum Gasteiger partial charge on any atom is 0.226 e. The highest BCUT2D eigenvalue weighted by atomic mass is 35.5. The van der Waals surface area contributed by atoms with Gasteiger partial charge in [-0.3, -0.25) is 4.79 Å². The molecule has 28 heavy (non-hydrogen) atoms. The van der Waals surface area contributed by atoms with Gasteiger partial charge in [-0.05, 0) is 54.1 Å². The second kappa shape index (κ2) is 9.76. The summed E-state index contributed by atoms with van der Waals surface area (Å²) in [6, 6.07) is 21.1. The number of benzene rings is 3. The van der Waals surface area contributed by atoms with Crippen molar-refractivity contribution in [3.63, 3.8) is 0 Å². The Morgan fingerprint density at radius 3 is 2.39 bits per heavy atom. The van der Waals surface area contributed by atoms with Crippen LogP contribution in [0.15, 0.2) is 72.8 Å². The van der Waals surface area contributed by atoms with E-state index in [-0.39, 0.29) is 18.0 Å². The molecule has 0 aliphatic rings. The molecule has 0 aliphatic heterocycles. The molecule has 0 fully saturated rings. The van der Waals surface area contributed by atoms with E-state index in [0.717, 1.165) is 17.0 Å². The predicted octanol–water partition coefficient (Wildman–Crippen LogP) is 5.50. The highest BCUT2D eigenvalue weighted by molar-refractivity contribution is 6.30. The van der Waals surface area contributed by atoms with Gasteiger partial charge in [-0.25, -0.2) is 4.39 Å². The Labute approximate surface area is 168 Å². The largest absolute Gasteiger partial charge is 0.489 e. The van der Waals surface area contributed by atoms with Gasteiger partial charge in [0.1, 0.15) is 18.2 Å². The molecular weight excluding hydrogens is 379 g/mol. The van der Waals surface area contributed by atoms with Crippen LogP contribution in [0.1, 0.15) is 12.0 Å². The van der Waals surface area contributed by atoms with Crippen LogP contribution < -0.4 is 15.4 Å². The Morgan fingerprint density at radius 2 is 1.68 bits per heavy atom. The van der Waals surface area contributed by atoms with E-state index in [9.17, 15) is 9.18 Å². The van der Waals surface area contributed by atoms with Gasteiger partial charge in [0.25, 0.3) is 0 Å². The van der Waals surface area contributed by atoms with Crippen LogP contribution in [0.25, 0.3) is 0 Å². The summed E-state index contributed by atoms with van der Waals surface area (Å²) >= 11 is 5.87. The highest BCUT2D eigenvalue weighted by Gasteiger charge is 2.06. The molecule has 3 aromatic carbocycles. The van der Waals surface area contributed by atoms with Crippen molar-refractivity contribution in [1.82, 2.24) is 0 Å². The number of anilines is 2. The van der Waals surface area contributed by atoms with Gasteiger partial charge < -0.3 is 15.4 Å². The Hall–Kier alpha value is -3.05. The first-order chi connectivity index (χ1) is 13.6. The molecule has 0 aromatic heterocycles. The number of halogens is 2. The second-order valence-corrected chi connectivity index (χ2v) is 6.58. The van der Waals surface area contributed by atoms with E-state index in [1.165, 1.54) is 12.1 Å². The normalized spacial score (nSPS) is 10.4. The summed E-state index contributed by atoms with van der Waals surface area (Å²) in [5.74, 6) is 0.0521. The molecule has 2 N–H and O–H groups in total. The number of ether oxygens (including phenoxy) is 1. The lowest BCUT2D eigenvalue weighted by Gasteiger charge is -2.10. The van der Waals surface area contributed by atoms with Crippen molar-refractivity contribution in [2.75, 3.05) is 17.2 Å². The molecule has 0 atom stereocenters. The monoisotopic (exact) mass is 398 g/mol. The lowest BCUT2D eigenvalue weighted by Crippen LogP contribution is -2.16. The van der Waals surface area contributed by atoms with Crippen molar-refractivity contribution >= 4 is 28.9 Å². The quantitative estimate of drug-likeness (QED) is 0.526. The zero-order chi connectivity index (χ0) is 19.8. The van der Waals surface area contributed by atoms with Gasteiger partial charge in [-0.15, -0.1) is 0 Å². The van der Waals surface area contributed by atoms with Crippen molar-refractivity contribution in [2.24, 2.45) is 0 Å². The zero-order valence-corrected chi connectivity index (χ0v) is 15.9. The molecule has 0 spiro atoms. The van der Waals surface area contributed by atoms with Crippen molar-refractivity contribution < 1.29 is 13.9 Å². The molecule has 0 radical (unpaired) electrons. The fraction of sp³-hybridized carbons (Fsp3) is 0.136. The number of hydrogen-bond acceptors (Lipinski definition) is 3. The van der Waals surface area contributed by atoms with Gasteiger partial charge in [-0.1, -0.05) is 35.9 Å². The van der Waals surface area contributed by atoms with Gasteiger partial charge in [0.2, 0.25) is 5.91 Å². The fourth-order valence-corrected chi connectivity index (χ4v) is 2.64. The Morgan fingerprint density at radius 1 is 0.964 bits per heavy atom. The molecule has 6 heteroatoms. The van der Waals surface area contributed by atoms with Crippen LogP contribution >= 0.6 is 11.6 Å². The third kappa shape index (κ3) is 5.99.